The van der Waals surface area contributed by atoms with Crippen LogP contribution >= 0.6 is 0 Å². The molecule has 0 aliphatic carbocycles. The highest BCUT2D eigenvalue weighted by atomic mass is 16.5. The molecule has 0 bridgehead atoms. The summed E-state index contributed by atoms with van der Waals surface area (Å²) in [6, 6.07) is 0. The van der Waals surface area contributed by atoms with Gasteiger partial charge in [0.25, 0.3) is 0 Å². The average Bonchev–Trinajstić information content (AvgIpc) is 1.89. The predicted molar refractivity (Wildman–Crippen MR) is 39.4 cm³/mol. The number of methoxy groups -OCH3 is 1. The first-order valence-corrected chi connectivity index (χ1v) is 3.57. The fourth-order valence-electron chi connectivity index (χ4n) is 0.565. The van der Waals surface area contributed by atoms with Crippen LogP contribution in [0.4, 0.5) is 0 Å². The van der Waals surface area contributed by atoms with E-state index in [1.54, 1.807) is 7.11 Å². The van der Waals surface area contributed by atoms with Gasteiger partial charge in [-0.1, -0.05) is 13.3 Å². The van der Waals surface area contributed by atoms with E-state index in [0.717, 1.165) is 6.54 Å². The Morgan fingerprint density at radius 3 is 2.67 bits per heavy atom. The molecule has 2 nitrogen and oxygen atoms in total. The van der Waals surface area contributed by atoms with E-state index < -0.39 is 0 Å². The Labute approximate surface area is 57.6 Å². The molecule has 1 N–H and O–H groups in total. The number of rotatable bonds is 5. The number of hydrogen-bond donors (Lipinski definition) is 1. The molecular formula is C7H17NO. The van der Waals surface area contributed by atoms with Crippen molar-refractivity contribution in [2.24, 2.45) is 0 Å². The van der Waals surface area contributed by atoms with Gasteiger partial charge in [-0.05, 0) is 19.9 Å². The van der Waals surface area contributed by atoms with Crippen molar-refractivity contribution in [3.05, 3.63) is 0 Å². The normalized spacial score (nSPS) is 13.7. The molecule has 1 atom stereocenters. The van der Waals surface area contributed by atoms with Gasteiger partial charge in [0.1, 0.15) is 6.23 Å². The van der Waals surface area contributed by atoms with Crippen LogP contribution in [0.15, 0.2) is 0 Å². The standard InChI is InChI=1S/C7H17NO/c1-4-5-6-8-7(2)9-3/h7-8H,4-6H2,1-3H3. The van der Waals surface area contributed by atoms with E-state index in [2.05, 4.69) is 12.2 Å². The molecule has 0 heterocycles. The van der Waals surface area contributed by atoms with Gasteiger partial charge in [0.2, 0.25) is 0 Å². The Morgan fingerprint density at radius 2 is 2.22 bits per heavy atom. The summed E-state index contributed by atoms with van der Waals surface area (Å²) in [5.74, 6) is 0. The SMILES string of the molecule is CCCCNC(C)OC. The van der Waals surface area contributed by atoms with Crippen LogP contribution in [-0.4, -0.2) is 19.9 Å². The molecule has 56 valence electrons. The highest BCUT2D eigenvalue weighted by Crippen LogP contribution is 1.85. The van der Waals surface area contributed by atoms with Gasteiger partial charge in [0.15, 0.2) is 0 Å². The molecule has 0 aliphatic rings. The zero-order valence-electron chi connectivity index (χ0n) is 6.61. The lowest BCUT2D eigenvalue weighted by Gasteiger charge is -2.10. The van der Waals surface area contributed by atoms with Crippen LogP contribution in [0.1, 0.15) is 26.7 Å². The summed E-state index contributed by atoms with van der Waals surface area (Å²) in [6.45, 7) is 5.25. The number of hydrogen-bond acceptors (Lipinski definition) is 2. The van der Waals surface area contributed by atoms with E-state index in [9.17, 15) is 0 Å². The van der Waals surface area contributed by atoms with Crippen molar-refractivity contribution in [2.75, 3.05) is 13.7 Å². The van der Waals surface area contributed by atoms with Gasteiger partial charge in [0.05, 0.1) is 0 Å². The van der Waals surface area contributed by atoms with E-state index in [0.29, 0.717) is 0 Å². The lowest BCUT2D eigenvalue weighted by atomic mass is 10.3. The summed E-state index contributed by atoms with van der Waals surface area (Å²) in [5, 5.41) is 3.21. The van der Waals surface area contributed by atoms with Gasteiger partial charge in [0, 0.05) is 7.11 Å². The maximum atomic E-state index is 4.99. The Hall–Kier alpha value is -0.0800. The van der Waals surface area contributed by atoms with Gasteiger partial charge in [-0.3, -0.25) is 5.32 Å². The van der Waals surface area contributed by atoms with Crippen molar-refractivity contribution in [3.8, 4) is 0 Å². The molecule has 0 aliphatic heterocycles. The minimum atomic E-state index is 0.205. The molecule has 1 unspecified atom stereocenters. The molecule has 0 saturated heterocycles. The first kappa shape index (κ1) is 8.92. The molecule has 0 amide bonds. The smallest absolute Gasteiger partial charge is 0.104 e. The van der Waals surface area contributed by atoms with Crippen molar-refractivity contribution in [1.29, 1.82) is 0 Å². The monoisotopic (exact) mass is 131 g/mol. The number of nitrogens with one attached hydrogen (secondary N) is 1. The molecule has 2 heteroatoms. The molecule has 0 aromatic heterocycles. The lowest BCUT2D eigenvalue weighted by molar-refractivity contribution is 0.0894. The van der Waals surface area contributed by atoms with Crippen molar-refractivity contribution in [2.45, 2.75) is 32.9 Å². The van der Waals surface area contributed by atoms with Gasteiger partial charge in [-0.15, -0.1) is 0 Å². The number of ether oxygens (including phenoxy) is 1. The Balaban J connectivity index is 2.88. The summed E-state index contributed by atoms with van der Waals surface area (Å²) in [4.78, 5) is 0. The van der Waals surface area contributed by atoms with Crippen molar-refractivity contribution in [3.63, 3.8) is 0 Å². The van der Waals surface area contributed by atoms with Gasteiger partial charge >= 0.3 is 0 Å². The molecule has 0 radical (unpaired) electrons. The molecule has 0 rings (SSSR count). The third-order valence-electron chi connectivity index (χ3n) is 1.32. The second kappa shape index (κ2) is 6.05. The highest BCUT2D eigenvalue weighted by molar-refractivity contribution is 4.46. The third kappa shape index (κ3) is 5.80. The van der Waals surface area contributed by atoms with Crippen LogP contribution in [0.5, 0.6) is 0 Å². The van der Waals surface area contributed by atoms with Crippen LogP contribution in [0.25, 0.3) is 0 Å². The first-order chi connectivity index (χ1) is 4.31. The second-order valence-corrected chi connectivity index (χ2v) is 2.19. The van der Waals surface area contributed by atoms with Crippen LogP contribution in [-0.2, 0) is 4.74 Å². The minimum absolute atomic E-state index is 0.205. The van der Waals surface area contributed by atoms with E-state index in [4.69, 9.17) is 4.74 Å². The van der Waals surface area contributed by atoms with Crippen LogP contribution in [0.3, 0.4) is 0 Å². The predicted octanol–water partition coefficient (Wildman–Crippen LogP) is 1.37. The largest absolute Gasteiger partial charge is 0.367 e. The van der Waals surface area contributed by atoms with E-state index >= 15 is 0 Å². The molecular weight excluding hydrogens is 114 g/mol. The molecule has 0 aromatic rings. The van der Waals surface area contributed by atoms with Crippen molar-refractivity contribution >= 4 is 0 Å². The minimum Gasteiger partial charge on any atom is -0.367 e. The zero-order chi connectivity index (χ0) is 7.11. The fourth-order valence-corrected chi connectivity index (χ4v) is 0.565. The van der Waals surface area contributed by atoms with Gasteiger partial charge < -0.3 is 4.74 Å². The zero-order valence-corrected chi connectivity index (χ0v) is 6.61. The fraction of sp³-hybridized carbons (Fsp3) is 1.00. The van der Waals surface area contributed by atoms with Crippen LogP contribution in [0.2, 0.25) is 0 Å². The second-order valence-electron chi connectivity index (χ2n) is 2.19. The molecule has 0 spiro atoms. The molecule has 0 saturated carbocycles. The van der Waals surface area contributed by atoms with Gasteiger partial charge in [-0.25, -0.2) is 0 Å². The Morgan fingerprint density at radius 1 is 1.56 bits per heavy atom. The third-order valence-corrected chi connectivity index (χ3v) is 1.32. The maximum Gasteiger partial charge on any atom is 0.104 e. The van der Waals surface area contributed by atoms with Gasteiger partial charge in [-0.2, -0.15) is 0 Å². The summed E-state index contributed by atoms with van der Waals surface area (Å²) in [5.41, 5.74) is 0. The van der Waals surface area contributed by atoms with E-state index in [1.807, 2.05) is 6.92 Å². The quantitative estimate of drug-likeness (QED) is 0.449. The lowest BCUT2D eigenvalue weighted by Crippen LogP contribution is -2.28. The summed E-state index contributed by atoms with van der Waals surface area (Å²) >= 11 is 0. The maximum absolute atomic E-state index is 4.99. The van der Waals surface area contributed by atoms with E-state index in [1.165, 1.54) is 12.8 Å². The summed E-state index contributed by atoms with van der Waals surface area (Å²) < 4.78 is 4.99. The van der Waals surface area contributed by atoms with Crippen molar-refractivity contribution in [1.82, 2.24) is 5.32 Å². The molecule has 9 heavy (non-hydrogen) atoms. The Bertz CT molecular complexity index is 56.9. The first-order valence-electron chi connectivity index (χ1n) is 3.57. The Kier molecular flexibility index (Phi) is 5.99. The summed E-state index contributed by atoms with van der Waals surface area (Å²) in [7, 11) is 1.71. The molecule has 0 fully saturated rings. The van der Waals surface area contributed by atoms with Crippen molar-refractivity contribution < 1.29 is 4.74 Å². The highest BCUT2D eigenvalue weighted by Gasteiger charge is 1.93. The average molecular weight is 131 g/mol. The van der Waals surface area contributed by atoms with E-state index in [-0.39, 0.29) is 6.23 Å². The van der Waals surface area contributed by atoms with Crippen LogP contribution in [0, 0.1) is 0 Å². The number of unbranched alkanes of at least 4 members (excludes halogenated alkanes) is 1. The van der Waals surface area contributed by atoms with Crippen LogP contribution < -0.4 is 5.32 Å². The summed E-state index contributed by atoms with van der Waals surface area (Å²) in [6.07, 6.45) is 2.67. The molecule has 0 aromatic carbocycles. The topological polar surface area (TPSA) is 21.3 Å².